The van der Waals surface area contributed by atoms with Crippen LogP contribution in [0.25, 0.3) is 11.5 Å². The molecule has 1 aliphatic rings. The number of oxazole rings is 1. The fourth-order valence-corrected chi connectivity index (χ4v) is 4.24. The molecule has 0 amide bonds. The molecule has 5 heteroatoms. The molecule has 0 unspecified atom stereocenters. The second kappa shape index (κ2) is 8.74. The van der Waals surface area contributed by atoms with Crippen LogP contribution in [0.15, 0.2) is 52.9 Å². The van der Waals surface area contributed by atoms with Gasteiger partial charge in [0.25, 0.3) is 0 Å². The molecular formula is C25H27NO4. The van der Waals surface area contributed by atoms with E-state index >= 15 is 0 Å². The summed E-state index contributed by atoms with van der Waals surface area (Å²) in [4.78, 5) is 16.1. The zero-order valence-corrected chi connectivity index (χ0v) is 17.4. The summed E-state index contributed by atoms with van der Waals surface area (Å²) in [6.45, 7) is 4.24. The summed E-state index contributed by atoms with van der Waals surface area (Å²) in [5, 5.41) is 9.40. The summed E-state index contributed by atoms with van der Waals surface area (Å²) >= 11 is 0. The molecule has 1 aliphatic carbocycles. The van der Waals surface area contributed by atoms with Gasteiger partial charge in [-0.05, 0) is 67.5 Å². The van der Waals surface area contributed by atoms with E-state index in [2.05, 4.69) is 11.1 Å². The van der Waals surface area contributed by atoms with Crippen molar-refractivity contribution in [2.45, 2.75) is 45.4 Å². The number of rotatable bonds is 7. The minimum Gasteiger partial charge on any atom is -0.493 e. The van der Waals surface area contributed by atoms with Gasteiger partial charge in [-0.1, -0.05) is 31.2 Å². The molecule has 1 N–H and O–H groups in total. The molecule has 30 heavy (non-hydrogen) atoms. The summed E-state index contributed by atoms with van der Waals surface area (Å²) in [5.74, 6) is 1.25. The predicted molar refractivity (Wildman–Crippen MR) is 115 cm³/mol. The van der Waals surface area contributed by atoms with Crippen molar-refractivity contribution in [3.63, 3.8) is 0 Å². The van der Waals surface area contributed by atoms with Gasteiger partial charge in [-0.2, -0.15) is 0 Å². The summed E-state index contributed by atoms with van der Waals surface area (Å²) in [5.41, 5.74) is 4.24. The molecular weight excluding hydrogens is 378 g/mol. The van der Waals surface area contributed by atoms with Gasteiger partial charge >= 0.3 is 5.97 Å². The Bertz CT molecular complexity index is 1020. The molecule has 2 aromatic carbocycles. The van der Waals surface area contributed by atoms with Gasteiger partial charge in [0.1, 0.15) is 11.5 Å². The van der Waals surface area contributed by atoms with Crippen molar-refractivity contribution >= 4 is 5.97 Å². The lowest BCUT2D eigenvalue weighted by Gasteiger charge is -2.28. The number of carboxylic acids is 1. The van der Waals surface area contributed by atoms with Gasteiger partial charge < -0.3 is 14.3 Å². The van der Waals surface area contributed by atoms with E-state index in [0.717, 1.165) is 47.6 Å². The van der Waals surface area contributed by atoms with Crippen molar-refractivity contribution in [3.05, 3.63) is 71.1 Å². The van der Waals surface area contributed by atoms with E-state index < -0.39 is 5.97 Å². The van der Waals surface area contributed by atoms with Crippen LogP contribution in [0.2, 0.25) is 0 Å². The fraction of sp³-hybridized carbons (Fsp3) is 0.360. The highest BCUT2D eigenvalue weighted by Crippen LogP contribution is 2.38. The van der Waals surface area contributed by atoms with Crippen LogP contribution in [0.5, 0.6) is 5.75 Å². The topological polar surface area (TPSA) is 72.6 Å². The Balaban J connectivity index is 1.41. The van der Waals surface area contributed by atoms with Gasteiger partial charge in [-0.25, -0.2) is 4.98 Å². The van der Waals surface area contributed by atoms with Gasteiger partial charge in [-0.3, -0.25) is 4.79 Å². The average molecular weight is 405 g/mol. The Morgan fingerprint density at radius 2 is 2.07 bits per heavy atom. The van der Waals surface area contributed by atoms with E-state index in [1.54, 1.807) is 6.92 Å². The summed E-state index contributed by atoms with van der Waals surface area (Å²) in [6, 6.07) is 15.9. The van der Waals surface area contributed by atoms with Crippen LogP contribution in [0.4, 0.5) is 0 Å². The quantitative estimate of drug-likeness (QED) is 0.569. The number of aromatic nitrogens is 1. The first-order valence-electron chi connectivity index (χ1n) is 10.5. The van der Waals surface area contributed by atoms with Crippen molar-refractivity contribution in [2.24, 2.45) is 5.92 Å². The van der Waals surface area contributed by atoms with E-state index in [1.807, 2.05) is 49.4 Å². The zero-order valence-electron chi connectivity index (χ0n) is 17.4. The number of carbonyl (C=O) groups is 1. The first-order chi connectivity index (χ1) is 14.5. The second-order valence-corrected chi connectivity index (χ2v) is 7.97. The minimum atomic E-state index is -0.731. The zero-order chi connectivity index (χ0) is 21.1. The van der Waals surface area contributed by atoms with Crippen molar-refractivity contribution in [3.8, 4) is 17.2 Å². The maximum Gasteiger partial charge on any atom is 0.306 e. The summed E-state index contributed by atoms with van der Waals surface area (Å²) < 4.78 is 11.8. The molecule has 0 saturated heterocycles. The summed E-state index contributed by atoms with van der Waals surface area (Å²) in [7, 11) is 0. The largest absolute Gasteiger partial charge is 0.493 e. The van der Waals surface area contributed by atoms with Gasteiger partial charge in [-0.15, -0.1) is 0 Å². The molecule has 0 spiro atoms. The smallest absolute Gasteiger partial charge is 0.306 e. The number of hydrogen-bond acceptors (Lipinski definition) is 4. The maximum atomic E-state index is 11.4. The lowest BCUT2D eigenvalue weighted by molar-refractivity contribution is -0.142. The van der Waals surface area contributed by atoms with Gasteiger partial charge in [0, 0.05) is 12.0 Å². The normalized spacial score (nSPS) is 16.7. The van der Waals surface area contributed by atoms with Crippen molar-refractivity contribution in [2.75, 3.05) is 6.61 Å². The third-order valence-corrected chi connectivity index (χ3v) is 5.99. The Hall–Kier alpha value is -3.08. The molecule has 1 heterocycles. The van der Waals surface area contributed by atoms with Gasteiger partial charge in [0.05, 0.1) is 18.2 Å². The van der Waals surface area contributed by atoms with Crippen LogP contribution in [-0.2, 0) is 17.6 Å². The monoisotopic (exact) mass is 405 g/mol. The number of carboxylic acid groups (broad SMARTS) is 1. The molecule has 4 rings (SSSR count). The fourth-order valence-electron chi connectivity index (χ4n) is 4.24. The van der Waals surface area contributed by atoms with Crippen LogP contribution in [0, 0.1) is 12.8 Å². The van der Waals surface area contributed by atoms with Crippen LogP contribution in [0.3, 0.4) is 0 Å². The van der Waals surface area contributed by atoms with E-state index in [4.69, 9.17) is 9.15 Å². The Morgan fingerprint density at radius 1 is 1.27 bits per heavy atom. The molecule has 0 fully saturated rings. The standard InChI is InChI=1S/C25H27NO4/c1-16(25(27)28)21-10-6-9-19-15-20(11-12-22(19)21)29-14-13-23-17(2)30-24(26-23)18-7-4-3-5-8-18/h3-5,7-8,11-12,15-16,21H,6,9-10,13-14H2,1-2H3,(H,27,28)/t16-,21-/m1/s1. The third-order valence-electron chi connectivity index (χ3n) is 5.99. The maximum absolute atomic E-state index is 11.4. The Kier molecular flexibility index (Phi) is 5.88. The van der Waals surface area contributed by atoms with Crippen LogP contribution in [0.1, 0.15) is 48.3 Å². The molecule has 1 aromatic heterocycles. The number of ether oxygens (including phenoxy) is 1. The highest BCUT2D eigenvalue weighted by molar-refractivity contribution is 5.71. The number of aliphatic carboxylic acids is 1. The number of hydrogen-bond donors (Lipinski definition) is 1. The predicted octanol–water partition coefficient (Wildman–Crippen LogP) is 5.41. The molecule has 5 nitrogen and oxygen atoms in total. The third kappa shape index (κ3) is 4.25. The minimum absolute atomic E-state index is 0.0782. The SMILES string of the molecule is Cc1oc(-c2ccccc2)nc1CCOc1ccc2c(c1)CCC[C@@H]2[C@@H](C)C(=O)O. The molecule has 0 bridgehead atoms. The number of fused-ring (bicyclic) bond motifs is 1. The summed E-state index contributed by atoms with van der Waals surface area (Å²) in [6.07, 6.45) is 3.57. The second-order valence-electron chi connectivity index (χ2n) is 7.97. The van der Waals surface area contributed by atoms with Crippen LogP contribution >= 0.6 is 0 Å². The van der Waals surface area contributed by atoms with Gasteiger partial charge in [0.2, 0.25) is 5.89 Å². The Morgan fingerprint density at radius 3 is 2.83 bits per heavy atom. The van der Waals surface area contributed by atoms with Gasteiger partial charge in [0.15, 0.2) is 0 Å². The molecule has 0 radical (unpaired) electrons. The van der Waals surface area contributed by atoms with Crippen molar-refractivity contribution in [1.82, 2.24) is 4.98 Å². The average Bonchev–Trinajstić information content (AvgIpc) is 3.13. The highest BCUT2D eigenvalue weighted by Gasteiger charge is 2.29. The molecule has 0 saturated carbocycles. The molecule has 156 valence electrons. The van der Waals surface area contributed by atoms with Crippen molar-refractivity contribution < 1.29 is 19.1 Å². The van der Waals surface area contributed by atoms with E-state index in [-0.39, 0.29) is 11.8 Å². The molecule has 2 atom stereocenters. The van der Waals surface area contributed by atoms with E-state index in [0.29, 0.717) is 18.9 Å². The highest BCUT2D eigenvalue weighted by atomic mass is 16.5. The molecule has 3 aromatic rings. The first-order valence-corrected chi connectivity index (χ1v) is 10.5. The van der Waals surface area contributed by atoms with Crippen LogP contribution in [-0.4, -0.2) is 22.7 Å². The Labute approximate surface area is 176 Å². The van der Waals surface area contributed by atoms with Crippen molar-refractivity contribution in [1.29, 1.82) is 0 Å². The lowest BCUT2D eigenvalue weighted by atomic mass is 9.76. The number of benzene rings is 2. The first kappa shape index (κ1) is 20.2. The van der Waals surface area contributed by atoms with E-state index in [1.165, 1.54) is 5.56 Å². The number of aryl methyl sites for hydroxylation is 2. The van der Waals surface area contributed by atoms with Crippen LogP contribution < -0.4 is 4.74 Å². The molecule has 0 aliphatic heterocycles. The number of nitrogens with zero attached hydrogens (tertiary/aromatic N) is 1. The van der Waals surface area contributed by atoms with E-state index in [9.17, 15) is 9.90 Å². The lowest BCUT2D eigenvalue weighted by Crippen LogP contribution is -2.22.